The summed E-state index contributed by atoms with van der Waals surface area (Å²) in [6.45, 7) is 6.85. The van der Waals surface area contributed by atoms with Gasteiger partial charge in [-0.25, -0.2) is 0 Å². The zero-order chi connectivity index (χ0) is 16.0. The van der Waals surface area contributed by atoms with Crippen LogP contribution in [-0.4, -0.2) is 14.4 Å². The Morgan fingerprint density at radius 1 is 1.18 bits per heavy atom. The molecule has 1 aliphatic heterocycles. The van der Waals surface area contributed by atoms with Crippen LogP contribution in [-0.2, 0) is 4.79 Å². The first-order valence-electron chi connectivity index (χ1n) is 9.06. The fraction of sp³-hybridized carbons (Fsp3) is 0.650. The summed E-state index contributed by atoms with van der Waals surface area (Å²) in [7, 11) is -1.34. The highest BCUT2D eigenvalue weighted by Gasteiger charge is 2.38. The lowest BCUT2D eigenvalue weighted by Crippen LogP contribution is -2.50. The zero-order valence-electron chi connectivity index (χ0n) is 14.6. The van der Waals surface area contributed by atoms with Crippen LogP contribution in [0.15, 0.2) is 24.3 Å². The maximum absolute atomic E-state index is 10.8. The Morgan fingerprint density at radius 3 is 2.36 bits per heavy atom. The fourth-order valence-corrected chi connectivity index (χ4v) is 9.33. The molecule has 0 aromatic heterocycles. The van der Waals surface area contributed by atoms with Gasteiger partial charge in [0, 0.05) is 6.42 Å². The van der Waals surface area contributed by atoms with Crippen LogP contribution in [0.4, 0.5) is 0 Å². The maximum atomic E-state index is 10.8. The average Bonchev–Trinajstić information content (AvgIpc) is 2.50. The van der Waals surface area contributed by atoms with Gasteiger partial charge in [0.15, 0.2) is 0 Å². The van der Waals surface area contributed by atoms with Crippen LogP contribution < -0.4 is 5.19 Å². The lowest BCUT2D eigenvalue weighted by Gasteiger charge is -2.39. The van der Waals surface area contributed by atoms with Gasteiger partial charge in [-0.1, -0.05) is 92.7 Å². The minimum atomic E-state index is -1.34. The van der Waals surface area contributed by atoms with Gasteiger partial charge in [0.1, 0.15) is 6.29 Å². The van der Waals surface area contributed by atoms with Gasteiger partial charge in [0.2, 0.25) is 0 Å². The largest absolute Gasteiger partial charge is 0.303 e. The van der Waals surface area contributed by atoms with Gasteiger partial charge in [0.05, 0.1) is 8.07 Å². The molecule has 1 saturated heterocycles. The third kappa shape index (κ3) is 4.55. The molecule has 1 aliphatic rings. The highest BCUT2D eigenvalue weighted by atomic mass is 28.3. The highest BCUT2D eigenvalue weighted by molar-refractivity contribution is 6.92. The summed E-state index contributed by atoms with van der Waals surface area (Å²) in [6.07, 6.45) is 7.21. The summed E-state index contributed by atoms with van der Waals surface area (Å²) >= 11 is 0. The maximum Gasteiger partial charge on any atom is 0.120 e. The van der Waals surface area contributed by atoms with E-state index in [-0.39, 0.29) is 0 Å². The van der Waals surface area contributed by atoms with Crippen LogP contribution in [0.2, 0.25) is 18.1 Å². The van der Waals surface area contributed by atoms with Crippen molar-refractivity contribution in [3.8, 4) is 0 Å². The predicted octanol–water partition coefficient (Wildman–Crippen LogP) is 5.09. The van der Waals surface area contributed by atoms with Crippen LogP contribution in [0.25, 0.3) is 0 Å². The number of hydrogen-bond donors (Lipinski definition) is 0. The molecule has 0 unspecified atom stereocenters. The summed E-state index contributed by atoms with van der Waals surface area (Å²) in [6, 6.07) is 13.7. The van der Waals surface area contributed by atoms with Crippen molar-refractivity contribution < 1.29 is 4.79 Å². The monoisotopic (exact) mass is 316 g/mol. The Bertz CT molecular complexity index is 455. The Balaban J connectivity index is 2.11. The van der Waals surface area contributed by atoms with Gasteiger partial charge in [-0.05, 0) is 18.8 Å². The van der Waals surface area contributed by atoms with Crippen molar-refractivity contribution in [2.24, 2.45) is 11.8 Å². The molecule has 122 valence electrons. The topological polar surface area (TPSA) is 17.1 Å². The molecule has 1 fully saturated rings. The van der Waals surface area contributed by atoms with Crippen molar-refractivity contribution in [3.63, 3.8) is 0 Å². The molecule has 0 spiro atoms. The Labute approximate surface area is 137 Å². The molecule has 1 heterocycles. The van der Waals surface area contributed by atoms with Crippen LogP contribution in [0, 0.1) is 18.8 Å². The number of benzene rings is 1. The number of carbonyl (C=O) groups excluding carboxylic acids is 1. The molecule has 22 heavy (non-hydrogen) atoms. The third-order valence-electron chi connectivity index (χ3n) is 5.59. The fourth-order valence-electron chi connectivity index (χ4n) is 4.04. The lowest BCUT2D eigenvalue weighted by molar-refractivity contribution is -0.108. The molecular weight excluding hydrogens is 284 g/mol. The minimum Gasteiger partial charge on any atom is -0.303 e. The third-order valence-corrected chi connectivity index (χ3v) is 11.0. The average molecular weight is 317 g/mol. The predicted molar refractivity (Wildman–Crippen MR) is 98.5 cm³/mol. The second-order valence-corrected chi connectivity index (χ2v) is 12.4. The Hall–Kier alpha value is -0.893. The van der Waals surface area contributed by atoms with Crippen molar-refractivity contribution in [2.75, 3.05) is 0 Å². The van der Waals surface area contributed by atoms with Crippen molar-refractivity contribution in [2.45, 2.75) is 71.0 Å². The van der Waals surface area contributed by atoms with Crippen molar-refractivity contribution in [3.05, 3.63) is 29.8 Å². The first-order valence-corrected chi connectivity index (χ1v) is 11.7. The standard InChI is InChI=1S/C20H32OSi/c1-17(2)5-4-14-22(20-8-6-18(3)7-9-20)15-11-19(10-13-21)12-16-22/h6-9,13,17,19H,4-5,10-12,14-16H2,1-3H3. The van der Waals surface area contributed by atoms with Crippen molar-refractivity contribution in [1.29, 1.82) is 0 Å². The molecule has 0 radical (unpaired) electrons. The smallest absolute Gasteiger partial charge is 0.120 e. The number of rotatable bonds is 7. The lowest BCUT2D eigenvalue weighted by atomic mass is 10.00. The second kappa shape index (κ2) is 8.10. The van der Waals surface area contributed by atoms with E-state index >= 15 is 0 Å². The number of hydrogen-bond acceptors (Lipinski definition) is 1. The molecule has 0 atom stereocenters. The van der Waals surface area contributed by atoms with Gasteiger partial charge in [0.25, 0.3) is 0 Å². The van der Waals surface area contributed by atoms with E-state index < -0.39 is 8.07 Å². The Morgan fingerprint density at radius 2 is 1.82 bits per heavy atom. The highest BCUT2D eigenvalue weighted by Crippen LogP contribution is 2.37. The van der Waals surface area contributed by atoms with Crippen LogP contribution in [0.3, 0.4) is 0 Å². The van der Waals surface area contributed by atoms with Crippen LogP contribution in [0.1, 0.15) is 51.5 Å². The summed E-state index contributed by atoms with van der Waals surface area (Å²) in [5.41, 5.74) is 1.37. The molecule has 2 rings (SSSR count). The first kappa shape index (κ1) is 17.5. The van der Waals surface area contributed by atoms with Crippen LogP contribution in [0.5, 0.6) is 0 Å². The molecule has 0 aliphatic carbocycles. The van der Waals surface area contributed by atoms with E-state index in [4.69, 9.17) is 0 Å². The van der Waals surface area contributed by atoms with Gasteiger partial charge < -0.3 is 4.79 Å². The Kier molecular flexibility index (Phi) is 6.43. The van der Waals surface area contributed by atoms with E-state index in [0.29, 0.717) is 5.92 Å². The van der Waals surface area contributed by atoms with E-state index in [1.54, 1.807) is 5.19 Å². The van der Waals surface area contributed by atoms with Crippen molar-refractivity contribution in [1.82, 2.24) is 0 Å². The number of aldehydes is 1. The molecule has 1 aromatic rings. The van der Waals surface area contributed by atoms with Gasteiger partial charge in [-0.3, -0.25) is 0 Å². The van der Waals surface area contributed by atoms with E-state index in [9.17, 15) is 4.79 Å². The molecule has 0 amide bonds. The molecule has 2 heteroatoms. The summed E-state index contributed by atoms with van der Waals surface area (Å²) < 4.78 is 0. The SMILES string of the molecule is Cc1ccc([Si]2(CCCC(C)C)CCC(CC=O)CC2)cc1. The molecule has 0 N–H and O–H groups in total. The van der Waals surface area contributed by atoms with E-state index in [1.807, 2.05) is 0 Å². The van der Waals surface area contributed by atoms with E-state index in [2.05, 4.69) is 45.0 Å². The van der Waals surface area contributed by atoms with Gasteiger partial charge in [-0.15, -0.1) is 0 Å². The molecule has 0 saturated carbocycles. The molecule has 1 aromatic carbocycles. The summed E-state index contributed by atoms with van der Waals surface area (Å²) in [4.78, 5) is 10.8. The second-order valence-electron chi connectivity index (χ2n) is 7.78. The normalized spacial score (nSPS) is 25.4. The first-order chi connectivity index (χ1) is 10.6. The van der Waals surface area contributed by atoms with Crippen LogP contribution >= 0.6 is 0 Å². The zero-order valence-corrected chi connectivity index (χ0v) is 15.6. The molecule has 0 bridgehead atoms. The van der Waals surface area contributed by atoms with E-state index in [1.165, 1.54) is 49.4 Å². The van der Waals surface area contributed by atoms with Crippen molar-refractivity contribution >= 4 is 19.5 Å². The summed E-state index contributed by atoms with van der Waals surface area (Å²) in [5, 5.41) is 1.67. The van der Waals surface area contributed by atoms with Gasteiger partial charge >= 0.3 is 0 Å². The minimum absolute atomic E-state index is 0.661. The van der Waals surface area contributed by atoms with E-state index in [0.717, 1.165) is 18.6 Å². The van der Waals surface area contributed by atoms with Gasteiger partial charge in [-0.2, -0.15) is 0 Å². The number of carbonyl (C=O) groups is 1. The summed E-state index contributed by atoms with van der Waals surface area (Å²) in [5.74, 6) is 1.48. The molecular formula is C20H32OSi. The number of aryl methyl sites for hydroxylation is 1. The molecule has 1 nitrogen and oxygen atoms in total. The quantitative estimate of drug-likeness (QED) is 0.506.